The third-order valence-corrected chi connectivity index (χ3v) is 8.22. The van der Waals surface area contributed by atoms with Gasteiger partial charge in [0.05, 0.1) is 41.9 Å². The molecule has 1 N–H and O–H groups in total. The normalized spacial score (nSPS) is 16.1. The number of benzene rings is 2. The standard InChI is InChI=1S/C29H32F3N7O3S/c30-29(31,32)26-16-23(5-2-21(26)17-33)39-10-8-25-27(18-39)34-19-35-28(25)36-22-3-6-24(7-4-22)42-15-1-9-37-11-13-38(14-12-37)20-43(40)41/h2-7,16,19,43H,1,8-15,18,20H2,(H,34,35,36). The summed E-state index contributed by atoms with van der Waals surface area (Å²) >= 11 is 0. The number of thiol groups is 1. The Bertz CT molecular complexity index is 1530. The van der Waals surface area contributed by atoms with Crippen LogP contribution in [0.5, 0.6) is 5.75 Å². The molecule has 2 aromatic carbocycles. The topological polar surface area (TPSA) is 115 Å². The van der Waals surface area contributed by atoms with E-state index in [0.717, 1.165) is 67.9 Å². The molecule has 1 aromatic heterocycles. The fraction of sp³-hybridized carbons (Fsp3) is 0.414. The highest BCUT2D eigenvalue weighted by atomic mass is 32.2. The molecular formula is C29H32F3N7O3S. The molecule has 2 aliphatic rings. The molecule has 0 spiro atoms. The second kappa shape index (κ2) is 13.6. The Kier molecular flexibility index (Phi) is 9.64. The van der Waals surface area contributed by atoms with E-state index in [4.69, 9.17) is 10.00 Å². The monoisotopic (exact) mass is 615 g/mol. The summed E-state index contributed by atoms with van der Waals surface area (Å²) < 4.78 is 68.1. The van der Waals surface area contributed by atoms with Crippen molar-refractivity contribution in [1.29, 1.82) is 5.26 Å². The van der Waals surface area contributed by atoms with Gasteiger partial charge >= 0.3 is 6.18 Å². The van der Waals surface area contributed by atoms with Crippen molar-refractivity contribution in [2.45, 2.75) is 25.6 Å². The van der Waals surface area contributed by atoms with Gasteiger partial charge in [-0.25, -0.2) is 18.4 Å². The predicted molar refractivity (Wildman–Crippen MR) is 156 cm³/mol. The van der Waals surface area contributed by atoms with Crippen molar-refractivity contribution in [3.8, 4) is 11.8 Å². The molecule has 1 saturated heterocycles. The van der Waals surface area contributed by atoms with Crippen LogP contribution < -0.4 is 15.0 Å². The van der Waals surface area contributed by atoms with Gasteiger partial charge in [0.15, 0.2) is 10.7 Å². The van der Waals surface area contributed by atoms with Crippen molar-refractivity contribution in [1.82, 2.24) is 19.8 Å². The number of piperazine rings is 1. The highest BCUT2D eigenvalue weighted by Crippen LogP contribution is 2.36. The summed E-state index contributed by atoms with van der Waals surface area (Å²) in [6.45, 7) is 5.47. The molecule has 0 unspecified atom stereocenters. The molecule has 14 heteroatoms. The molecule has 1 fully saturated rings. The van der Waals surface area contributed by atoms with E-state index in [1.54, 1.807) is 6.07 Å². The van der Waals surface area contributed by atoms with Gasteiger partial charge < -0.3 is 19.9 Å². The maximum Gasteiger partial charge on any atom is 0.417 e. The first-order valence-electron chi connectivity index (χ1n) is 13.9. The molecule has 228 valence electrons. The smallest absolute Gasteiger partial charge is 0.417 e. The lowest BCUT2D eigenvalue weighted by Gasteiger charge is -2.33. The van der Waals surface area contributed by atoms with E-state index in [2.05, 4.69) is 20.2 Å². The van der Waals surface area contributed by atoms with E-state index >= 15 is 0 Å². The van der Waals surface area contributed by atoms with Gasteiger partial charge in [-0.15, -0.1) is 0 Å². The number of alkyl halides is 3. The largest absolute Gasteiger partial charge is 0.494 e. The number of rotatable bonds is 10. The Balaban J connectivity index is 1.13. The molecule has 0 atom stereocenters. The van der Waals surface area contributed by atoms with Crippen LogP contribution in [0.3, 0.4) is 0 Å². The zero-order valence-electron chi connectivity index (χ0n) is 23.4. The van der Waals surface area contributed by atoms with E-state index in [1.165, 1.54) is 18.5 Å². The van der Waals surface area contributed by atoms with E-state index < -0.39 is 28.0 Å². The summed E-state index contributed by atoms with van der Waals surface area (Å²) in [7, 11) is -2.37. The van der Waals surface area contributed by atoms with Crippen LogP contribution in [0.1, 0.15) is 28.8 Å². The van der Waals surface area contributed by atoms with E-state index in [0.29, 0.717) is 37.6 Å². The second-order valence-corrected chi connectivity index (χ2v) is 11.4. The van der Waals surface area contributed by atoms with Gasteiger partial charge in [-0.3, -0.25) is 4.90 Å². The third-order valence-electron chi connectivity index (χ3n) is 7.59. The number of halogens is 3. The molecule has 3 aromatic rings. The fourth-order valence-electron chi connectivity index (χ4n) is 5.31. The lowest BCUT2D eigenvalue weighted by atomic mass is 10.0. The minimum Gasteiger partial charge on any atom is -0.494 e. The van der Waals surface area contributed by atoms with Crippen molar-refractivity contribution in [2.24, 2.45) is 0 Å². The average molecular weight is 616 g/mol. The van der Waals surface area contributed by atoms with Crippen molar-refractivity contribution < 1.29 is 26.3 Å². The number of nitrogens with zero attached hydrogens (tertiary/aromatic N) is 6. The lowest BCUT2D eigenvalue weighted by Crippen LogP contribution is -2.47. The molecule has 10 nitrogen and oxygen atoms in total. The molecule has 3 heterocycles. The molecule has 5 rings (SSSR count). The second-order valence-electron chi connectivity index (χ2n) is 10.4. The van der Waals surface area contributed by atoms with E-state index in [9.17, 15) is 21.6 Å². The summed E-state index contributed by atoms with van der Waals surface area (Å²) in [5, 5.41) is 12.4. The SMILES string of the molecule is N#Cc1ccc(N2CCc3c(ncnc3Nc3ccc(OCCCN4CCN(C[SH](=O)=O)CC4)cc3)C2)cc1C(F)(F)F. The maximum atomic E-state index is 13.5. The van der Waals surface area contributed by atoms with Gasteiger partial charge in [-0.1, -0.05) is 0 Å². The first-order valence-corrected chi connectivity index (χ1v) is 15.3. The Morgan fingerprint density at radius 2 is 1.74 bits per heavy atom. The third kappa shape index (κ3) is 7.92. The summed E-state index contributed by atoms with van der Waals surface area (Å²) in [6, 6.07) is 12.9. The number of fused-ring (bicyclic) bond motifs is 1. The van der Waals surface area contributed by atoms with Crippen molar-refractivity contribution in [2.75, 3.05) is 62.0 Å². The summed E-state index contributed by atoms with van der Waals surface area (Å²) in [5.41, 5.74) is 1.50. The van der Waals surface area contributed by atoms with Crippen LogP contribution in [0.15, 0.2) is 48.8 Å². The van der Waals surface area contributed by atoms with Gasteiger partial charge in [0, 0.05) is 56.2 Å². The summed E-state index contributed by atoms with van der Waals surface area (Å²) in [5.74, 6) is 1.52. The molecule has 0 saturated carbocycles. The number of anilines is 3. The van der Waals surface area contributed by atoms with Crippen LogP contribution in [0.2, 0.25) is 0 Å². The summed E-state index contributed by atoms with van der Waals surface area (Å²) in [6.07, 6.45) is -1.78. The van der Waals surface area contributed by atoms with Crippen LogP contribution >= 0.6 is 0 Å². The Morgan fingerprint density at radius 1 is 1.00 bits per heavy atom. The molecule has 0 radical (unpaired) electrons. The minimum absolute atomic E-state index is 0.129. The molecule has 2 aliphatic heterocycles. The molecule has 0 bridgehead atoms. The number of hydrogen-bond acceptors (Lipinski definition) is 10. The van der Waals surface area contributed by atoms with Crippen molar-refractivity contribution in [3.63, 3.8) is 0 Å². The highest BCUT2D eigenvalue weighted by Gasteiger charge is 2.34. The fourth-order valence-corrected chi connectivity index (χ4v) is 5.92. The van der Waals surface area contributed by atoms with E-state index in [-0.39, 0.29) is 5.88 Å². The maximum absolute atomic E-state index is 13.5. The van der Waals surface area contributed by atoms with Crippen molar-refractivity contribution in [3.05, 3.63) is 71.2 Å². The van der Waals surface area contributed by atoms with Crippen LogP contribution in [-0.4, -0.2) is 79.9 Å². The highest BCUT2D eigenvalue weighted by molar-refractivity contribution is 7.72. The molecular weight excluding hydrogens is 583 g/mol. The average Bonchev–Trinajstić information content (AvgIpc) is 3.00. The number of nitrogens with one attached hydrogen (secondary N) is 1. The Morgan fingerprint density at radius 3 is 2.44 bits per heavy atom. The summed E-state index contributed by atoms with van der Waals surface area (Å²) in [4.78, 5) is 14.9. The predicted octanol–water partition coefficient (Wildman–Crippen LogP) is 3.63. The Hall–Kier alpha value is -3.93. The van der Waals surface area contributed by atoms with Crippen LogP contribution in [0, 0.1) is 11.3 Å². The molecule has 43 heavy (non-hydrogen) atoms. The quantitative estimate of drug-likeness (QED) is 0.259. The first kappa shape index (κ1) is 30.5. The number of ether oxygens (including phenoxy) is 1. The number of aromatic nitrogens is 2. The number of hydrogen-bond donors (Lipinski definition) is 2. The van der Waals surface area contributed by atoms with Crippen LogP contribution in [-0.2, 0) is 29.8 Å². The molecule has 0 amide bonds. The minimum atomic E-state index is -4.62. The van der Waals surface area contributed by atoms with Gasteiger partial charge in [0.2, 0.25) is 0 Å². The van der Waals surface area contributed by atoms with E-state index in [1.807, 2.05) is 34.1 Å². The number of nitriles is 1. The molecule has 0 aliphatic carbocycles. The van der Waals surface area contributed by atoms with Gasteiger partial charge in [-0.05, 0) is 55.3 Å². The van der Waals surface area contributed by atoms with Crippen molar-refractivity contribution >= 4 is 27.9 Å². The zero-order chi connectivity index (χ0) is 30.4. The first-order chi connectivity index (χ1) is 20.7. The van der Waals surface area contributed by atoms with Gasteiger partial charge in [0.25, 0.3) is 0 Å². The van der Waals surface area contributed by atoms with Gasteiger partial charge in [0.1, 0.15) is 17.9 Å². The van der Waals surface area contributed by atoms with Crippen LogP contribution in [0.25, 0.3) is 0 Å². The zero-order valence-corrected chi connectivity index (χ0v) is 24.3. The lowest BCUT2D eigenvalue weighted by molar-refractivity contribution is -0.137. The Labute approximate surface area is 249 Å². The van der Waals surface area contributed by atoms with Crippen LogP contribution in [0.4, 0.5) is 30.4 Å². The van der Waals surface area contributed by atoms with Gasteiger partial charge in [-0.2, -0.15) is 18.4 Å².